The van der Waals surface area contributed by atoms with Gasteiger partial charge in [-0.3, -0.25) is 4.98 Å². The van der Waals surface area contributed by atoms with Crippen LogP contribution in [0.3, 0.4) is 0 Å². The SMILES string of the molecule is CCNCc1ccncc1-n1nc(C)c(Cl)c1C. The van der Waals surface area contributed by atoms with E-state index in [1.54, 1.807) is 6.20 Å². The second-order valence-corrected chi connectivity index (χ2v) is 4.56. The lowest BCUT2D eigenvalue weighted by Crippen LogP contribution is -2.14. The predicted molar refractivity (Wildman–Crippen MR) is 73.2 cm³/mol. The van der Waals surface area contributed by atoms with Gasteiger partial charge in [0.1, 0.15) is 0 Å². The summed E-state index contributed by atoms with van der Waals surface area (Å²) in [5.41, 5.74) is 3.92. The van der Waals surface area contributed by atoms with Crippen molar-refractivity contribution in [1.82, 2.24) is 20.1 Å². The first-order valence-electron chi connectivity index (χ1n) is 6.00. The standard InChI is InChI=1S/C13H17ClN4/c1-4-15-7-11-5-6-16-8-12(11)18-10(3)13(14)9(2)17-18/h5-6,8,15H,4,7H2,1-3H3. The zero-order valence-corrected chi connectivity index (χ0v) is 11.6. The van der Waals surface area contributed by atoms with E-state index in [2.05, 4.69) is 22.3 Å². The van der Waals surface area contributed by atoms with Crippen LogP contribution in [-0.4, -0.2) is 21.3 Å². The molecule has 0 spiro atoms. The first-order valence-corrected chi connectivity index (χ1v) is 6.38. The molecule has 0 amide bonds. The third-order valence-corrected chi connectivity index (χ3v) is 3.43. The van der Waals surface area contributed by atoms with E-state index in [9.17, 15) is 0 Å². The molecule has 0 atom stereocenters. The van der Waals surface area contributed by atoms with Crippen molar-refractivity contribution < 1.29 is 0 Å². The summed E-state index contributed by atoms with van der Waals surface area (Å²) in [6, 6.07) is 2.00. The fraction of sp³-hybridized carbons (Fsp3) is 0.385. The largest absolute Gasteiger partial charge is 0.313 e. The van der Waals surface area contributed by atoms with Crippen LogP contribution in [0.5, 0.6) is 0 Å². The van der Waals surface area contributed by atoms with Crippen molar-refractivity contribution >= 4 is 11.6 Å². The van der Waals surface area contributed by atoms with Crippen molar-refractivity contribution in [3.8, 4) is 5.69 Å². The molecule has 0 fully saturated rings. The summed E-state index contributed by atoms with van der Waals surface area (Å²) in [4.78, 5) is 4.18. The number of rotatable bonds is 4. The minimum Gasteiger partial charge on any atom is -0.313 e. The molecule has 4 nitrogen and oxygen atoms in total. The monoisotopic (exact) mass is 264 g/mol. The van der Waals surface area contributed by atoms with Crippen molar-refractivity contribution in [1.29, 1.82) is 0 Å². The Morgan fingerprint density at radius 1 is 1.39 bits per heavy atom. The van der Waals surface area contributed by atoms with Crippen LogP contribution in [0.15, 0.2) is 18.5 Å². The van der Waals surface area contributed by atoms with Crippen molar-refractivity contribution in [2.75, 3.05) is 6.54 Å². The van der Waals surface area contributed by atoms with Crippen LogP contribution in [0, 0.1) is 13.8 Å². The van der Waals surface area contributed by atoms with Crippen LogP contribution in [0.2, 0.25) is 5.02 Å². The maximum absolute atomic E-state index is 6.19. The Morgan fingerprint density at radius 3 is 2.78 bits per heavy atom. The minimum absolute atomic E-state index is 0.716. The molecule has 1 N–H and O–H groups in total. The quantitative estimate of drug-likeness (QED) is 0.923. The van der Waals surface area contributed by atoms with E-state index in [0.717, 1.165) is 35.7 Å². The van der Waals surface area contributed by atoms with Gasteiger partial charge in [-0.1, -0.05) is 18.5 Å². The van der Waals surface area contributed by atoms with Crippen molar-refractivity contribution in [3.63, 3.8) is 0 Å². The van der Waals surface area contributed by atoms with E-state index in [0.29, 0.717) is 5.02 Å². The minimum atomic E-state index is 0.716. The number of pyridine rings is 1. The van der Waals surface area contributed by atoms with Gasteiger partial charge in [0.25, 0.3) is 0 Å². The fourth-order valence-corrected chi connectivity index (χ4v) is 1.99. The molecular formula is C13H17ClN4. The Bertz CT molecular complexity index is 548. The van der Waals surface area contributed by atoms with Gasteiger partial charge in [-0.2, -0.15) is 5.10 Å². The number of nitrogens with zero attached hydrogens (tertiary/aromatic N) is 3. The highest BCUT2D eigenvalue weighted by molar-refractivity contribution is 6.31. The molecule has 2 aromatic heterocycles. The first-order chi connectivity index (χ1) is 8.65. The van der Waals surface area contributed by atoms with Gasteiger partial charge in [0, 0.05) is 12.7 Å². The van der Waals surface area contributed by atoms with Crippen LogP contribution in [0.1, 0.15) is 23.9 Å². The lowest BCUT2D eigenvalue weighted by Gasteiger charge is -2.10. The van der Waals surface area contributed by atoms with Crippen molar-refractivity contribution in [2.45, 2.75) is 27.3 Å². The van der Waals surface area contributed by atoms with Gasteiger partial charge in [-0.05, 0) is 32.0 Å². The van der Waals surface area contributed by atoms with Gasteiger partial charge in [-0.15, -0.1) is 0 Å². The highest BCUT2D eigenvalue weighted by Gasteiger charge is 2.13. The maximum Gasteiger partial charge on any atom is 0.0877 e. The highest BCUT2D eigenvalue weighted by atomic mass is 35.5. The molecule has 96 valence electrons. The molecule has 0 aliphatic rings. The van der Waals surface area contributed by atoms with Crippen LogP contribution < -0.4 is 5.32 Å². The number of halogens is 1. The highest BCUT2D eigenvalue weighted by Crippen LogP contribution is 2.23. The Balaban J connectivity index is 2.46. The molecule has 2 rings (SSSR count). The Labute approximate surface area is 112 Å². The van der Waals surface area contributed by atoms with Gasteiger partial charge in [0.05, 0.1) is 28.3 Å². The summed E-state index contributed by atoms with van der Waals surface area (Å²) in [7, 11) is 0. The second-order valence-electron chi connectivity index (χ2n) is 4.18. The summed E-state index contributed by atoms with van der Waals surface area (Å²) >= 11 is 6.19. The summed E-state index contributed by atoms with van der Waals surface area (Å²) in [5, 5.41) is 8.50. The molecule has 0 saturated heterocycles. The second kappa shape index (κ2) is 5.50. The van der Waals surface area contributed by atoms with E-state index >= 15 is 0 Å². The van der Waals surface area contributed by atoms with Crippen LogP contribution in [0.4, 0.5) is 0 Å². The summed E-state index contributed by atoms with van der Waals surface area (Å²) in [6.45, 7) is 7.68. The summed E-state index contributed by atoms with van der Waals surface area (Å²) in [6.07, 6.45) is 3.62. The number of aromatic nitrogens is 3. The molecule has 18 heavy (non-hydrogen) atoms. The first kappa shape index (κ1) is 13.1. The molecule has 0 aliphatic heterocycles. The van der Waals surface area contributed by atoms with E-state index < -0.39 is 0 Å². The molecular weight excluding hydrogens is 248 g/mol. The molecule has 5 heteroatoms. The molecule has 0 bridgehead atoms. The topological polar surface area (TPSA) is 42.7 Å². The third-order valence-electron chi connectivity index (χ3n) is 2.88. The lowest BCUT2D eigenvalue weighted by molar-refractivity contribution is 0.711. The smallest absolute Gasteiger partial charge is 0.0877 e. The molecule has 0 aliphatic carbocycles. The Hall–Kier alpha value is -1.39. The molecule has 0 unspecified atom stereocenters. The average Bonchev–Trinajstić information content (AvgIpc) is 2.64. The third kappa shape index (κ3) is 2.40. The number of nitrogens with one attached hydrogen (secondary N) is 1. The Morgan fingerprint density at radius 2 is 2.17 bits per heavy atom. The summed E-state index contributed by atoms with van der Waals surface area (Å²) < 4.78 is 1.86. The molecule has 0 radical (unpaired) electrons. The van der Waals surface area contributed by atoms with Crippen LogP contribution in [-0.2, 0) is 6.54 Å². The fourth-order valence-electron chi connectivity index (χ4n) is 1.87. The zero-order chi connectivity index (χ0) is 13.1. The van der Waals surface area contributed by atoms with Crippen molar-refractivity contribution in [2.24, 2.45) is 0 Å². The maximum atomic E-state index is 6.19. The van der Waals surface area contributed by atoms with Crippen LogP contribution >= 0.6 is 11.6 Å². The van der Waals surface area contributed by atoms with E-state index in [1.165, 1.54) is 0 Å². The normalized spacial score (nSPS) is 10.9. The van der Waals surface area contributed by atoms with E-state index in [1.807, 2.05) is 30.8 Å². The van der Waals surface area contributed by atoms with Gasteiger partial charge < -0.3 is 5.32 Å². The molecule has 2 aromatic rings. The van der Waals surface area contributed by atoms with Gasteiger partial charge >= 0.3 is 0 Å². The number of aryl methyl sites for hydroxylation is 1. The van der Waals surface area contributed by atoms with Gasteiger partial charge in [0.15, 0.2) is 0 Å². The number of hydrogen-bond acceptors (Lipinski definition) is 3. The number of hydrogen-bond donors (Lipinski definition) is 1. The lowest BCUT2D eigenvalue weighted by atomic mass is 10.2. The van der Waals surface area contributed by atoms with E-state index in [-0.39, 0.29) is 0 Å². The molecule has 0 aromatic carbocycles. The average molecular weight is 265 g/mol. The predicted octanol–water partition coefficient (Wildman–Crippen LogP) is 2.65. The van der Waals surface area contributed by atoms with Gasteiger partial charge in [-0.25, -0.2) is 4.68 Å². The van der Waals surface area contributed by atoms with Crippen LogP contribution in [0.25, 0.3) is 5.69 Å². The molecule has 2 heterocycles. The molecule has 0 saturated carbocycles. The Kier molecular flexibility index (Phi) is 3.99. The van der Waals surface area contributed by atoms with Gasteiger partial charge in [0.2, 0.25) is 0 Å². The zero-order valence-electron chi connectivity index (χ0n) is 10.9. The summed E-state index contributed by atoms with van der Waals surface area (Å²) in [5.74, 6) is 0. The van der Waals surface area contributed by atoms with E-state index in [4.69, 9.17) is 11.6 Å². The van der Waals surface area contributed by atoms with Crippen molar-refractivity contribution in [3.05, 3.63) is 40.4 Å².